The smallest absolute Gasteiger partial charge is 0.141 e. The van der Waals surface area contributed by atoms with E-state index in [4.69, 9.17) is 9.51 Å². The molecule has 0 aliphatic heterocycles. The molecule has 0 aliphatic rings. The zero-order valence-corrected chi connectivity index (χ0v) is 17.5. The predicted molar refractivity (Wildman–Crippen MR) is 117 cm³/mol. The molecule has 0 saturated carbocycles. The average molecular weight is 397 g/mol. The largest absolute Gasteiger partial charge is 0.361 e. The molecular formula is C24H23N5O. The van der Waals surface area contributed by atoms with E-state index in [0.29, 0.717) is 0 Å². The standard InChI is InChI=1S/C24H23N5O/c1-15-23(17(3)30-27-15)19-10-22-24(25-11-19)21(20-12-26-28(4)13-20)14-29(22)16(2)18-8-6-5-7-9-18/h5-14,16H,1-4H3/t16-/m0/s1. The Morgan fingerprint density at radius 3 is 2.47 bits per heavy atom. The van der Waals surface area contributed by atoms with Gasteiger partial charge in [-0.3, -0.25) is 9.67 Å². The van der Waals surface area contributed by atoms with Crippen LogP contribution in [0, 0.1) is 13.8 Å². The van der Waals surface area contributed by atoms with Crippen molar-refractivity contribution in [1.29, 1.82) is 0 Å². The molecule has 4 heterocycles. The van der Waals surface area contributed by atoms with Gasteiger partial charge in [-0.2, -0.15) is 5.10 Å². The van der Waals surface area contributed by atoms with Crippen molar-refractivity contribution in [2.24, 2.45) is 7.05 Å². The van der Waals surface area contributed by atoms with Crippen LogP contribution in [0.1, 0.15) is 30.0 Å². The summed E-state index contributed by atoms with van der Waals surface area (Å²) < 4.78 is 9.50. The maximum atomic E-state index is 5.39. The molecule has 0 bridgehead atoms. The van der Waals surface area contributed by atoms with Gasteiger partial charge in [0.15, 0.2) is 0 Å². The van der Waals surface area contributed by atoms with Gasteiger partial charge >= 0.3 is 0 Å². The van der Waals surface area contributed by atoms with Crippen molar-refractivity contribution in [3.8, 4) is 22.3 Å². The highest BCUT2D eigenvalue weighted by Gasteiger charge is 2.20. The minimum atomic E-state index is 0.154. The summed E-state index contributed by atoms with van der Waals surface area (Å²) in [6.07, 6.45) is 8.00. The highest BCUT2D eigenvalue weighted by molar-refractivity contribution is 5.95. The number of nitrogens with zero attached hydrogens (tertiary/aromatic N) is 5. The molecular weight excluding hydrogens is 374 g/mol. The van der Waals surface area contributed by atoms with E-state index in [1.807, 2.05) is 50.2 Å². The third-order valence-electron chi connectivity index (χ3n) is 5.71. The van der Waals surface area contributed by atoms with Gasteiger partial charge in [0.2, 0.25) is 0 Å². The fraction of sp³-hybridized carbons (Fsp3) is 0.208. The third-order valence-corrected chi connectivity index (χ3v) is 5.71. The SMILES string of the molecule is Cc1noc(C)c1-c1cnc2c(-c3cnn(C)c3)cn([C@@H](C)c3ccccc3)c2c1. The molecule has 4 aromatic heterocycles. The van der Waals surface area contributed by atoms with E-state index in [-0.39, 0.29) is 6.04 Å². The van der Waals surface area contributed by atoms with Crippen LogP contribution >= 0.6 is 0 Å². The van der Waals surface area contributed by atoms with Crippen molar-refractivity contribution < 1.29 is 4.52 Å². The molecule has 1 aromatic carbocycles. The second-order valence-corrected chi connectivity index (χ2v) is 7.73. The molecule has 0 N–H and O–H groups in total. The first-order valence-electron chi connectivity index (χ1n) is 10.0. The topological polar surface area (TPSA) is 61.7 Å². The molecule has 30 heavy (non-hydrogen) atoms. The fourth-order valence-electron chi connectivity index (χ4n) is 4.14. The number of hydrogen-bond donors (Lipinski definition) is 0. The van der Waals surface area contributed by atoms with E-state index in [2.05, 4.69) is 58.3 Å². The van der Waals surface area contributed by atoms with E-state index in [1.54, 1.807) is 0 Å². The first-order valence-corrected chi connectivity index (χ1v) is 10.0. The van der Waals surface area contributed by atoms with E-state index < -0.39 is 0 Å². The number of aromatic nitrogens is 5. The van der Waals surface area contributed by atoms with Gasteiger partial charge in [0.1, 0.15) is 5.76 Å². The molecule has 5 aromatic rings. The molecule has 0 saturated heterocycles. The van der Waals surface area contributed by atoms with Gasteiger partial charge in [0, 0.05) is 47.9 Å². The lowest BCUT2D eigenvalue weighted by Crippen LogP contribution is -2.05. The van der Waals surface area contributed by atoms with Crippen molar-refractivity contribution in [1.82, 2.24) is 24.5 Å². The monoisotopic (exact) mass is 397 g/mol. The Bertz CT molecular complexity index is 1320. The van der Waals surface area contributed by atoms with Crippen LogP contribution in [0.15, 0.2) is 65.7 Å². The number of pyridine rings is 1. The molecule has 1 atom stereocenters. The van der Waals surface area contributed by atoms with Crippen molar-refractivity contribution >= 4 is 11.0 Å². The number of rotatable bonds is 4. The van der Waals surface area contributed by atoms with E-state index in [1.165, 1.54) is 5.56 Å². The summed E-state index contributed by atoms with van der Waals surface area (Å²) in [5.41, 5.74) is 8.29. The van der Waals surface area contributed by atoms with Crippen LogP contribution in [0.2, 0.25) is 0 Å². The Labute approximate surface area is 174 Å². The average Bonchev–Trinajstić information content (AvgIpc) is 3.44. The molecule has 0 radical (unpaired) electrons. The van der Waals surface area contributed by atoms with Gasteiger partial charge in [0.05, 0.1) is 29.0 Å². The van der Waals surface area contributed by atoms with Crippen LogP contribution < -0.4 is 0 Å². The van der Waals surface area contributed by atoms with Crippen LogP contribution in [0.4, 0.5) is 0 Å². The summed E-state index contributed by atoms with van der Waals surface area (Å²) in [7, 11) is 1.93. The lowest BCUT2D eigenvalue weighted by Gasteiger charge is -2.16. The quantitative estimate of drug-likeness (QED) is 0.412. The van der Waals surface area contributed by atoms with Gasteiger partial charge in [-0.05, 0) is 32.4 Å². The predicted octanol–water partition coefficient (Wildman–Crippen LogP) is 5.32. The summed E-state index contributed by atoms with van der Waals surface area (Å²) in [5.74, 6) is 0.801. The lowest BCUT2D eigenvalue weighted by atomic mass is 10.0. The maximum Gasteiger partial charge on any atom is 0.141 e. The van der Waals surface area contributed by atoms with Crippen LogP contribution in [0.3, 0.4) is 0 Å². The summed E-state index contributed by atoms with van der Waals surface area (Å²) >= 11 is 0. The van der Waals surface area contributed by atoms with Crippen molar-refractivity contribution in [2.75, 3.05) is 0 Å². The Kier molecular flexibility index (Phi) is 4.28. The molecule has 0 unspecified atom stereocenters. The minimum absolute atomic E-state index is 0.154. The van der Waals surface area contributed by atoms with Crippen LogP contribution in [-0.2, 0) is 7.05 Å². The molecule has 0 spiro atoms. The number of hydrogen-bond acceptors (Lipinski definition) is 4. The Hall–Kier alpha value is -3.67. The molecule has 5 rings (SSSR count). The minimum Gasteiger partial charge on any atom is -0.361 e. The van der Waals surface area contributed by atoms with E-state index >= 15 is 0 Å². The number of fused-ring (bicyclic) bond motifs is 1. The van der Waals surface area contributed by atoms with Crippen LogP contribution in [0.25, 0.3) is 33.3 Å². The van der Waals surface area contributed by atoms with Gasteiger partial charge < -0.3 is 9.09 Å². The zero-order valence-electron chi connectivity index (χ0n) is 17.5. The highest BCUT2D eigenvalue weighted by atomic mass is 16.5. The second-order valence-electron chi connectivity index (χ2n) is 7.73. The van der Waals surface area contributed by atoms with Crippen molar-refractivity contribution in [2.45, 2.75) is 26.8 Å². The Balaban J connectivity index is 1.75. The Morgan fingerprint density at radius 1 is 1.00 bits per heavy atom. The fourth-order valence-corrected chi connectivity index (χ4v) is 4.14. The summed E-state index contributed by atoms with van der Waals surface area (Å²) in [6, 6.07) is 12.9. The molecule has 0 aliphatic carbocycles. The molecule has 0 fully saturated rings. The van der Waals surface area contributed by atoms with Crippen molar-refractivity contribution in [3.05, 3.63) is 78.2 Å². The first kappa shape index (κ1) is 18.4. The van der Waals surface area contributed by atoms with Gasteiger partial charge in [-0.1, -0.05) is 35.5 Å². The van der Waals surface area contributed by atoms with Crippen LogP contribution in [-0.4, -0.2) is 24.5 Å². The van der Waals surface area contributed by atoms with Gasteiger partial charge in [-0.25, -0.2) is 0 Å². The summed E-state index contributed by atoms with van der Waals surface area (Å²) in [4.78, 5) is 4.87. The molecule has 150 valence electrons. The highest BCUT2D eigenvalue weighted by Crippen LogP contribution is 2.36. The Morgan fingerprint density at radius 2 is 1.80 bits per heavy atom. The number of aryl methyl sites for hydroxylation is 3. The van der Waals surface area contributed by atoms with Gasteiger partial charge in [-0.15, -0.1) is 0 Å². The van der Waals surface area contributed by atoms with Crippen molar-refractivity contribution in [3.63, 3.8) is 0 Å². The van der Waals surface area contributed by atoms with Crippen LogP contribution in [0.5, 0.6) is 0 Å². The van der Waals surface area contributed by atoms with E-state index in [0.717, 1.165) is 44.7 Å². The second kappa shape index (κ2) is 6.99. The van der Waals surface area contributed by atoms with E-state index in [9.17, 15) is 0 Å². The maximum absolute atomic E-state index is 5.39. The third kappa shape index (κ3) is 2.92. The molecule has 6 heteroatoms. The normalized spacial score (nSPS) is 12.5. The summed E-state index contributed by atoms with van der Waals surface area (Å²) in [5, 5.41) is 8.47. The molecule has 6 nitrogen and oxygen atoms in total. The zero-order chi connectivity index (χ0) is 20.8. The number of benzene rings is 1. The first-order chi connectivity index (χ1) is 14.5. The summed E-state index contributed by atoms with van der Waals surface area (Å²) in [6.45, 7) is 6.11. The van der Waals surface area contributed by atoms with Gasteiger partial charge in [0.25, 0.3) is 0 Å². The molecule has 0 amide bonds. The lowest BCUT2D eigenvalue weighted by molar-refractivity contribution is 0.393.